The van der Waals surface area contributed by atoms with E-state index in [1.165, 1.54) is 6.42 Å². The monoisotopic (exact) mass is 499 g/mol. The number of hydrogen-bond donors (Lipinski definition) is 1. The Balaban J connectivity index is 1.45. The summed E-state index contributed by atoms with van der Waals surface area (Å²) in [5, 5.41) is 1.79. The third-order valence-electron chi connectivity index (χ3n) is 7.42. The molecule has 2 aliphatic rings. The van der Waals surface area contributed by atoms with Crippen LogP contribution in [0.3, 0.4) is 0 Å². The highest BCUT2D eigenvalue weighted by Crippen LogP contribution is 2.27. The van der Waals surface area contributed by atoms with Gasteiger partial charge in [-0.05, 0) is 48.6 Å². The molecule has 2 atom stereocenters. The van der Waals surface area contributed by atoms with Crippen molar-refractivity contribution in [3.05, 3.63) is 42.5 Å². The third-order valence-corrected chi connectivity index (χ3v) is 8.86. The van der Waals surface area contributed by atoms with Gasteiger partial charge in [-0.25, -0.2) is 8.42 Å². The molecule has 1 aliphatic carbocycles. The van der Waals surface area contributed by atoms with Crippen LogP contribution in [0.4, 0.5) is 0 Å². The van der Waals surface area contributed by atoms with Gasteiger partial charge in [-0.1, -0.05) is 63.4 Å². The molecular formula is C27H37N3O4S. The summed E-state index contributed by atoms with van der Waals surface area (Å²) >= 11 is 0. The maximum atomic E-state index is 13.5. The summed E-state index contributed by atoms with van der Waals surface area (Å²) < 4.78 is 29.1. The predicted molar refractivity (Wildman–Crippen MR) is 137 cm³/mol. The highest BCUT2D eigenvalue weighted by atomic mass is 32.2. The summed E-state index contributed by atoms with van der Waals surface area (Å²) in [6.45, 7) is 6.99. The first-order valence-corrected chi connectivity index (χ1v) is 14.3. The fraction of sp³-hybridized carbons (Fsp3) is 0.556. The Hall–Kier alpha value is -2.45. The molecule has 7 nitrogen and oxygen atoms in total. The number of nitrogens with zero attached hydrogens (tertiary/aromatic N) is 2. The zero-order chi connectivity index (χ0) is 25.2. The van der Waals surface area contributed by atoms with Crippen molar-refractivity contribution in [2.24, 2.45) is 11.8 Å². The topological polar surface area (TPSA) is 86.8 Å². The molecule has 4 rings (SSSR count). The Kier molecular flexibility index (Phi) is 7.81. The van der Waals surface area contributed by atoms with E-state index in [0.29, 0.717) is 19.6 Å². The van der Waals surface area contributed by atoms with Gasteiger partial charge >= 0.3 is 0 Å². The molecule has 2 aromatic rings. The number of carbonyl (C=O) groups excluding carboxylic acids is 2. The van der Waals surface area contributed by atoms with Crippen LogP contribution in [0.2, 0.25) is 0 Å². The number of amides is 2. The first-order valence-electron chi connectivity index (χ1n) is 12.8. The minimum atomic E-state index is -3.89. The minimum absolute atomic E-state index is 0.0907. The summed E-state index contributed by atoms with van der Waals surface area (Å²) in [5.41, 5.74) is 0. The number of benzene rings is 2. The number of sulfonamides is 1. The van der Waals surface area contributed by atoms with E-state index in [9.17, 15) is 18.0 Å². The largest absolute Gasteiger partial charge is 0.337 e. The summed E-state index contributed by atoms with van der Waals surface area (Å²) in [6.07, 6.45) is 5.33. The maximum absolute atomic E-state index is 13.5. The molecular weight excluding hydrogens is 462 g/mol. The average Bonchev–Trinajstić information content (AvgIpc) is 2.86. The quantitative estimate of drug-likeness (QED) is 0.655. The second-order valence-electron chi connectivity index (χ2n) is 10.4. The van der Waals surface area contributed by atoms with Gasteiger partial charge in [-0.2, -0.15) is 4.72 Å². The van der Waals surface area contributed by atoms with E-state index in [0.717, 1.165) is 36.5 Å². The summed E-state index contributed by atoms with van der Waals surface area (Å²) in [5.74, 6) is -0.150. The molecule has 35 heavy (non-hydrogen) atoms. The summed E-state index contributed by atoms with van der Waals surface area (Å²) in [7, 11) is -3.89. The first kappa shape index (κ1) is 25.6. The van der Waals surface area contributed by atoms with Crippen molar-refractivity contribution >= 4 is 32.6 Å². The number of rotatable bonds is 6. The molecule has 2 unspecified atom stereocenters. The standard InChI is InChI=1S/C27H37N3O4S/c1-19(2)25(28-35(33,34)24-14-13-21-9-7-8-12-23(21)17-24)27(32)29-15-16-30(20(3)18-29)26(31)22-10-5-4-6-11-22/h7-9,12-14,17,19-20,22,25,28H,4-6,10-11,15-16,18H2,1-3H3. The van der Waals surface area contributed by atoms with Gasteiger partial charge in [0.2, 0.25) is 21.8 Å². The van der Waals surface area contributed by atoms with Crippen LogP contribution in [-0.2, 0) is 19.6 Å². The molecule has 0 radical (unpaired) electrons. The number of carbonyl (C=O) groups is 2. The van der Waals surface area contributed by atoms with Gasteiger partial charge < -0.3 is 9.80 Å². The van der Waals surface area contributed by atoms with E-state index in [1.807, 2.05) is 49.9 Å². The lowest BCUT2D eigenvalue weighted by Crippen LogP contribution is -2.60. The van der Waals surface area contributed by atoms with Crippen LogP contribution in [0, 0.1) is 11.8 Å². The molecule has 0 bridgehead atoms. The lowest BCUT2D eigenvalue weighted by molar-refractivity contribution is -0.147. The Morgan fingerprint density at radius 3 is 2.31 bits per heavy atom. The zero-order valence-electron chi connectivity index (χ0n) is 20.9. The lowest BCUT2D eigenvalue weighted by atomic mass is 9.87. The summed E-state index contributed by atoms with van der Waals surface area (Å²) in [6, 6.07) is 11.6. The minimum Gasteiger partial charge on any atom is -0.337 e. The van der Waals surface area contributed by atoms with Crippen molar-refractivity contribution in [2.75, 3.05) is 19.6 Å². The van der Waals surface area contributed by atoms with Crippen LogP contribution in [0.25, 0.3) is 10.8 Å². The number of fused-ring (bicyclic) bond motifs is 1. The lowest BCUT2D eigenvalue weighted by Gasteiger charge is -2.43. The van der Waals surface area contributed by atoms with E-state index in [4.69, 9.17) is 0 Å². The SMILES string of the molecule is CC(C)C(NS(=O)(=O)c1ccc2ccccc2c1)C(=O)N1CCN(C(=O)C2CCCCC2)C(C)C1. The van der Waals surface area contributed by atoms with Crippen molar-refractivity contribution in [3.63, 3.8) is 0 Å². The highest BCUT2D eigenvalue weighted by Gasteiger charge is 2.37. The molecule has 0 spiro atoms. The van der Waals surface area contributed by atoms with E-state index in [1.54, 1.807) is 23.1 Å². The molecule has 2 amide bonds. The van der Waals surface area contributed by atoms with Crippen LogP contribution in [0.5, 0.6) is 0 Å². The van der Waals surface area contributed by atoms with Crippen LogP contribution in [0.15, 0.2) is 47.4 Å². The molecule has 2 aromatic carbocycles. The average molecular weight is 500 g/mol. The van der Waals surface area contributed by atoms with Crippen LogP contribution in [0.1, 0.15) is 52.9 Å². The van der Waals surface area contributed by atoms with Crippen LogP contribution >= 0.6 is 0 Å². The Morgan fingerprint density at radius 1 is 0.971 bits per heavy atom. The molecule has 8 heteroatoms. The van der Waals surface area contributed by atoms with E-state index in [2.05, 4.69) is 4.72 Å². The molecule has 2 fully saturated rings. The molecule has 190 valence electrons. The Bertz CT molecular complexity index is 1170. The van der Waals surface area contributed by atoms with Gasteiger partial charge in [0.25, 0.3) is 0 Å². The van der Waals surface area contributed by atoms with Gasteiger partial charge in [0, 0.05) is 31.6 Å². The second kappa shape index (κ2) is 10.7. The van der Waals surface area contributed by atoms with Crippen molar-refractivity contribution in [1.82, 2.24) is 14.5 Å². The van der Waals surface area contributed by atoms with E-state index < -0.39 is 16.1 Å². The molecule has 1 aliphatic heterocycles. The third kappa shape index (κ3) is 5.70. The van der Waals surface area contributed by atoms with Gasteiger partial charge in [0.1, 0.15) is 6.04 Å². The fourth-order valence-corrected chi connectivity index (χ4v) is 6.68. The van der Waals surface area contributed by atoms with E-state index >= 15 is 0 Å². The molecule has 0 aromatic heterocycles. The van der Waals surface area contributed by atoms with Crippen molar-refractivity contribution in [3.8, 4) is 0 Å². The highest BCUT2D eigenvalue weighted by molar-refractivity contribution is 7.89. The molecule has 1 N–H and O–H groups in total. The van der Waals surface area contributed by atoms with Gasteiger partial charge in [0.05, 0.1) is 4.90 Å². The zero-order valence-corrected chi connectivity index (χ0v) is 21.8. The smallest absolute Gasteiger partial charge is 0.241 e. The van der Waals surface area contributed by atoms with Gasteiger partial charge in [-0.3, -0.25) is 9.59 Å². The fourth-order valence-electron chi connectivity index (χ4n) is 5.31. The first-order chi connectivity index (χ1) is 16.7. The van der Waals surface area contributed by atoms with Gasteiger partial charge in [-0.15, -0.1) is 0 Å². The van der Waals surface area contributed by atoms with Crippen LogP contribution < -0.4 is 4.72 Å². The number of piperazine rings is 1. The summed E-state index contributed by atoms with van der Waals surface area (Å²) in [4.78, 5) is 30.3. The molecule has 1 saturated heterocycles. The predicted octanol–water partition coefficient (Wildman–Crippen LogP) is 3.78. The van der Waals surface area contributed by atoms with Crippen molar-refractivity contribution < 1.29 is 18.0 Å². The number of nitrogens with one attached hydrogen (secondary N) is 1. The normalized spacial score (nSPS) is 20.9. The maximum Gasteiger partial charge on any atom is 0.241 e. The van der Waals surface area contributed by atoms with Gasteiger partial charge in [0.15, 0.2) is 0 Å². The van der Waals surface area contributed by atoms with Crippen molar-refractivity contribution in [2.45, 2.75) is 69.9 Å². The number of hydrogen-bond acceptors (Lipinski definition) is 4. The van der Waals surface area contributed by atoms with Crippen LogP contribution in [-0.4, -0.2) is 61.7 Å². The van der Waals surface area contributed by atoms with E-state index in [-0.39, 0.29) is 34.6 Å². The molecule has 1 heterocycles. The molecule has 1 saturated carbocycles. The Morgan fingerprint density at radius 2 is 1.66 bits per heavy atom. The van der Waals surface area contributed by atoms with Crippen molar-refractivity contribution in [1.29, 1.82) is 0 Å². The Labute approximate surface area is 208 Å². The second-order valence-corrected chi connectivity index (χ2v) is 12.1.